The van der Waals surface area contributed by atoms with Crippen LogP contribution in [0.4, 0.5) is 0 Å². The lowest BCUT2D eigenvalue weighted by molar-refractivity contribution is 0.101. The molecule has 0 spiro atoms. The van der Waals surface area contributed by atoms with E-state index in [4.69, 9.17) is 20.7 Å². The molecule has 0 atom stereocenters. The molecular weight excluding hydrogens is 316 g/mol. The van der Waals surface area contributed by atoms with Crippen LogP contribution in [0.1, 0.15) is 23.0 Å². The Balaban J connectivity index is 2.37. The number of furan rings is 1. The minimum absolute atomic E-state index is 0.0265. The summed E-state index contributed by atoms with van der Waals surface area (Å²) in [5, 5.41) is 26.8. The van der Waals surface area contributed by atoms with E-state index in [2.05, 4.69) is 0 Å². The molecule has 0 aliphatic carbocycles. The summed E-state index contributed by atoms with van der Waals surface area (Å²) >= 11 is 0. The van der Waals surface area contributed by atoms with Gasteiger partial charge in [-0.2, -0.15) is 15.8 Å². The van der Waals surface area contributed by atoms with E-state index < -0.39 is 0 Å². The Morgan fingerprint density at radius 1 is 1.04 bits per heavy atom. The zero-order chi connectivity index (χ0) is 18.4. The fraction of sp³-hybridized carbons (Fsp3) is 0.0526. The summed E-state index contributed by atoms with van der Waals surface area (Å²) in [6.45, 7) is 1.49. The van der Waals surface area contributed by atoms with Crippen LogP contribution in [0.25, 0.3) is 17.4 Å². The molecule has 1 aromatic carbocycles. The van der Waals surface area contributed by atoms with Crippen LogP contribution in [-0.2, 0) is 0 Å². The van der Waals surface area contributed by atoms with Crippen molar-refractivity contribution in [3.63, 3.8) is 0 Å². The van der Waals surface area contributed by atoms with Crippen molar-refractivity contribution in [2.24, 2.45) is 5.73 Å². The van der Waals surface area contributed by atoms with Gasteiger partial charge in [-0.3, -0.25) is 4.79 Å². The first kappa shape index (κ1) is 17.3. The first-order valence-electron chi connectivity index (χ1n) is 7.13. The number of nitriles is 3. The molecule has 6 heteroatoms. The summed E-state index contributed by atoms with van der Waals surface area (Å²) in [5.74, 6) is 0.865. The molecule has 0 aliphatic heterocycles. The zero-order valence-corrected chi connectivity index (χ0v) is 13.3. The molecule has 0 fully saturated rings. The fourth-order valence-corrected chi connectivity index (χ4v) is 2.05. The maximum Gasteiger partial charge on any atom is 0.159 e. The van der Waals surface area contributed by atoms with Gasteiger partial charge in [0.25, 0.3) is 0 Å². The molecule has 120 valence electrons. The largest absolute Gasteiger partial charge is 0.457 e. The Morgan fingerprint density at radius 3 is 2.20 bits per heavy atom. The van der Waals surface area contributed by atoms with Crippen molar-refractivity contribution in [1.29, 1.82) is 15.8 Å². The highest BCUT2D eigenvalue weighted by atomic mass is 16.3. The van der Waals surface area contributed by atoms with E-state index in [0.29, 0.717) is 17.1 Å². The number of benzene rings is 1. The van der Waals surface area contributed by atoms with Crippen molar-refractivity contribution in [2.45, 2.75) is 6.92 Å². The first-order valence-corrected chi connectivity index (χ1v) is 7.13. The van der Waals surface area contributed by atoms with Gasteiger partial charge < -0.3 is 10.2 Å². The third-order valence-corrected chi connectivity index (χ3v) is 3.39. The Hall–Kier alpha value is -4.08. The molecule has 2 N–H and O–H groups in total. The normalized spacial score (nSPS) is 10.2. The number of ketones is 1. The van der Waals surface area contributed by atoms with E-state index in [0.717, 1.165) is 5.56 Å². The highest BCUT2D eigenvalue weighted by molar-refractivity contribution is 5.94. The average Bonchev–Trinajstić information content (AvgIpc) is 3.09. The van der Waals surface area contributed by atoms with Gasteiger partial charge in [-0.25, -0.2) is 0 Å². The summed E-state index contributed by atoms with van der Waals surface area (Å²) in [7, 11) is 0. The van der Waals surface area contributed by atoms with Crippen LogP contribution in [0.15, 0.2) is 57.7 Å². The van der Waals surface area contributed by atoms with Crippen LogP contribution < -0.4 is 5.73 Å². The van der Waals surface area contributed by atoms with Gasteiger partial charge in [0, 0.05) is 17.2 Å². The molecule has 6 nitrogen and oxygen atoms in total. The van der Waals surface area contributed by atoms with Gasteiger partial charge in [-0.1, -0.05) is 24.3 Å². The van der Waals surface area contributed by atoms with Crippen LogP contribution in [-0.4, -0.2) is 5.78 Å². The van der Waals surface area contributed by atoms with Crippen molar-refractivity contribution < 1.29 is 9.21 Å². The molecule has 0 saturated carbocycles. The summed E-state index contributed by atoms with van der Waals surface area (Å²) in [4.78, 5) is 11.3. The van der Waals surface area contributed by atoms with E-state index >= 15 is 0 Å². The molecule has 0 amide bonds. The van der Waals surface area contributed by atoms with Crippen molar-refractivity contribution in [3.05, 3.63) is 64.6 Å². The van der Waals surface area contributed by atoms with Gasteiger partial charge in [0.05, 0.1) is 11.3 Å². The van der Waals surface area contributed by atoms with E-state index in [-0.39, 0.29) is 22.6 Å². The third-order valence-electron chi connectivity index (χ3n) is 3.39. The molecule has 0 unspecified atom stereocenters. The second-order valence-electron chi connectivity index (χ2n) is 5.02. The van der Waals surface area contributed by atoms with E-state index in [1.807, 2.05) is 6.07 Å². The topological polar surface area (TPSA) is 128 Å². The predicted octanol–water partition coefficient (Wildman–Crippen LogP) is 3.32. The van der Waals surface area contributed by atoms with Gasteiger partial charge in [-0.15, -0.1) is 0 Å². The molecule has 1 heterocycles. The molecular formula is C19H12N4O2. The van der Waals surface area contributed by atoms with Crippen LogP contribution in [0, 0.1) is 34.0 Å². The average molecular weight is 328 g/mol. The molecule has 2 rings (SSSR count). The van der Waals surface area contributed by atoms with Crippen molar-refractivity contribution >= 4 is 11.9 Å². The highest BCUT2D eigenvalue weighted by Crippen LogP contribution is 2.24. The molecule has 0 aliphatic rings. The zero-order valence-electron chi connectivity index (χ0n) is 13.3. The van der Waals surface area contributed by atoms with Crippen molar-refractivity contribution in [2.75, 3.05) is 0 Å². The molecule has 25 heavy (non-hydrogen) atoms. The maximum atomic E-state index is 11.3. The van der Waals surface area contributed by atoms with Crippen molar-refractivity contribution in [3.8, 4) is 29.5 Å². The van der Waals surface area contributed by atoms with Gasteiger partial charge in [0.1, 0.15) is 29.7 Å². The number of rotatable bonds is 4. The number of carbonyl (C=O) groups is 1. The second-order valence-corrected chi connectivity index (χ2v) is 5.02. The van der Waals surface area contributed by atoms with Crippen LogP contribution in [0.5, 0.6) is 0 Å². The Labute approximate surface area is 144 Å². The quantitative estimate of drug-likeness (QED) is 0.521. The lowest BCUT2D eigenvalue weighted by Crippen LogP contribution is -2.03. The molecule has 0 saturated heterocycles. The Kier molecular flexibility index (Phi) is 5.15. The minimum atomic E-state index is -0.334. The van der Waals surface area contributed by atoms with Gasteiger partial charge in [0.15, 0.2) is 11.4 Å². The maximum absolute atomic E-state index is 11.3. The van der Waals surface area contributed by atoms with Crippen LogP contribution >= 0.6 is 0 Å². The monoisotopic (exact) mass is 328 g/mol. The predicted molar refractivity (Wildman–Crippen MR) is 90.2 cm³/mol. The number of hydrogen-bond acceptors (Lipinski definition) is 6. The number of nitrogens with zero attached hydrogens (tertiary/aromatic N) is 3. The number of hydrogen-bond donors (Lipinski definition) is 1. The van der Waals surface area contributed by atoms with Gasteiger partial charge >= 0.3 is 0 Å². The van der Waals surface area contributed by atoms with E-state index in [9.17, 15) is 10.1 Å². The second kappa shape index (κ2) is 7.46. The fourth-order valence-electron chi connectivity index (χ4n) is 2.05. The molecule has 0 bridgehead atoms. The summed E-state index contributed by atoms with van der Waals surface area (Å²) in [6, 6.07) is 15.4. The third kappa shape index (κ3) is 3.82. The van der Waals surface area contributed by atoms with Gasteiger partial charge in [0.2, 0.25) is 0 Å². The van der Waals surface area contributed by atoms with E-state index in [1.54, 1.807) is 48.5 Å². The lowest BCUT2D eigenvalue weighted by Gasteiger charge is -1.99. The van der Waals surface area contributed by atoms with E-state index in [1.165, 1.54) is 13.0 Å². The molecule has 0 radical (unpaired) electrons. The Bertz CT molecular complexity index is 987. The first-order chi connectivity index (χ1) is 12.0. The number of Topliss-reactive ketones (excluding diaryl/α,β-unsaturated/α-hetero) is 1. The van der Waals surface area contributed by atoms with Crippen LogP contribution in [0.3, 0.4) is 0 Å². The van der Waals surface area contributed by atoms with Gasteiger partial charge in [-0.05, 0) is 19.1 Å². The molecule has 2 aromatic rings. The Morgan fingerprint density at radius 2 is 1.68 bits per heavy atom. The number of carbonyl (C=O) groups excluding carboxylic acids is 1. The van der Waals surface area contributed by atoms with Crippen molar-refractivity contribution in [1.82, 2.24) is 0 Å². The highest BCUT2D eigenvalue weighted by Gasteiger charge is 2.10. The minimum Gasteiger partial charge on any atom is -0.457 e. The van der Waals surface area contributed by atoms with Crippen LogP contribution in [0.2, 0.25) is 0 Å². The summed E-state index contributed by atoms with van der Waals surface area (Å²) in [6.07, 6.45) is 1.36. The molecule has 1 aromatic heterocycles. The SMILES string of the molecule is CC(=O)c1ccc(-c2ccc(C=C(C#N)C(N)=C(C#N)C#N)o2)cc1. The standard InChI is InChI=1S/C19H12N4O2/c1-12(24)13-2-4-14(5-3-13)18-7-6-17(25-18)8-15(9-20)19(23)16(10-21)11-22/h2-8H,23H2,1H3. The smallest absolute Gasteiger partial charge is 0.159 e. The number of nitrogens with two attached hydrogens (primary N) is 1. The summed E-state index contributed by atoms with van der Waals surface area (Å²) in [5.41, 5.74) is 6.47. The lowest BCUT2D eigenvalue weighted by atomic mass is 10.1. The number of allylic oxidation sites excluding steroid dienone is 2. The summed E-state index contributed by atoms with van der Waals surface area (Å²) < 4.78 is 5.64.